The average molecular weight is 660 g/mol. The van der Waals surface area contributed by atoms with Crippen LogP contribution in [0.4, 0.5) is 0 Å². The molecule has 6 rings (SSSR count). The zero-order valence-corrected chi connectivity index (χ0v) is 26.4. The van der Waals surface area contributed by atoms with Gasteiger partial charge in [-0.15, -0.1) is 0 Å². The highest BCUT2D eigenvalue weighted by molar-refractivity contribution is 6.31. The van der Waals surface area contributed by atoms with Crippen LogP contribution in [-0.2, 0) is 16.1 Å². The lowest BCUT2D eigenvalue weighted by Crippen LogP contribution is -2.58. The Bertz CT molecular complexity index is 1780. The summed E-state index contributed by atoms with van der Waals surface area (Å²) in [4.78, 5) is 41.1. The molecule has 2 saturated heterocycles. The molecule has 3 aromatic carbocycles. The number of ether oxygens (including phenoxy) is 3. The first kappa shape index (κ1) is 33.5. The first-order valence-corrected chi connectivity index (χ1v) is 15.8. The lowest BCUT2D eigenvalue weighted by molar-refractivity contribution is -0.268. The third-order valence-corrected chi connectivity index (χ3v) is 9.10. The number of aromatic hydroxyl groups is 1. The highest BCUT2D eigenvalue weighted by atomic mass is 16.7. The number of rotatable bonds is 7. The minimum atomic E-state index is -1.68. The number of fused-ring (bicyclic) bond motifs is 2. The van der Waals surface area contributed by atoms with Crippen molar-refractivity contribution in [3.63, 3.8) is 0 Å². The molecule has 0 bridgehead atoms. The van der Waals surface area contributed by atoms with Crippen LogP contribution < -0.4 is 14.8 Å². The number of nitrogens with one attached hydrogen (secondary N) is 1. The minimum Gasteiger partial charge on any atom is -0.507 e. The predicted molar refractivity (Wildman–Crippen MR) is 172 cm³/mol. The fraction of sp³-hybridized carbons (Fsp3) is 0.361. The number of piperidine rings is 1. The van der Waals surface area contributed by atoms with E-state index in [-0.39, 0.29) is 56.4 Å². The Kier molecular flexibility index (Phi) is 9.48. The largest absolute Gasteiger partial charge is 0.507 e. The molecule has 2 heterocycles. The van der Waals surface area contributed by atoms with Crippen LogP contribution in [0.2, 0.25) is 0 Å². The lowest BCUT2D eigenvalue weighted by Gasteiger charge is -2.39. The van der Waals surface area contributed by atoms with Crippen LogP contribution in [0.25, 0.3) is 12.2 Å². The van der Waals surface area contributed by atoms with Crippen LogP contribution in [0.15, 0.2) is 42.5 Å². The second kappa shape index (κ2) is 13.6. The SMILES string of the molecule is CC(=O)Oc1cc(CO)c2c(c1/C=C/c1ccccc1)C(=O)c1cc(O[C@H]3O[C@@H](C)[C@@H](O)[C@@H](O)[C@H]3O)c(C3CCNCC3)c(O)c1C2=O. The van der Waals surface area contributed by atoms with Gasteiger partial charge < -0.3 is 45.1 Å². The zero-order valence-electron chi connectivity index (χ0n) is 26.4. The number of benzene rings is 3. The lowest BCUT2D eigenvalue weighted by atomic mass is 9.76. The molecule has 12 heteroatoms. The van der Waals surface area contributed by atoms with Gasteiger partial charge in [0.1, 0.15) is 35.6 Å². The van der Waals surface area contributed by atoms with Gasteiger partial charge in [0, 0.05) is 34.7 Å². The van der Waals surface area contributed by atoms with Crippen molar-refractivity contribution in [1.29, 1.82) is 0 Å². The van der Waals surface area contributed by atoms with Crippen molar-refractivity contribution in [2.45, 2.75) is 69.9 Å². The molecule has 0 aromatic heterocycles. The van der Waals surface area contributed by atoms with Crippen LogP contribution in [0, 0.1) is 0 Å². The van der Waals surface area contributed by atoms with Gasteiger partial charge in [0.05, 0.1) is 18.3 Å². The number of esters is 1. The maximum atomic E-state index is 14.5. The maximum absolute atomic E-state index is 14.5. The van der Waals surface area contributed by atoms with Crippen molar-refractivity contribution in [1.82, 2.24) is 5.32 Å². The molecule has 6 N–H and O–H groups in total. The molecule has 2 aliphatic heterocycles. The van der Waals surface area contributed by atoms with E-state index in [1.807, 2.05) is 30.3 Å². The summed E-state index contributed by atoms with van der Waals surface area (Å²) in [5, 5.41) is 56.9. The zero-order chi connectivity index (χ0) is 34.3. The maximum Gasteiger partial charge on any atom is 0.308 e. The second-order valence-corrected chi connectivity index (χ2v) is 12.2. The second-order valence-electron chi connectivity index (χ2n) is 12.2. The van der Waals surface area contributed by atoms with E-state index in [0.29, 0.717) is 25.9 Å². The summed E-state index contributed by atoms with van der Waals surface area (Å²) >= 11 is 0. The Morgan fingerprint density at radius 2 is 1.65 bits per heavy atom. The van der Waals surface area contributed by atoms with E-state index in [1.54, 1.807) is 12.2 Å². The van der Waals surface area contributed by atoms with Crippen molar-refractivity contribution in [3.8, 4) is 17.2 Å². The number of phenolic OH excluding ortho intramolecular Hbond substituents is 1. The molecule has 0 amide bonds. The molecule has 1 aliphatic carbocycles. The van der Waals surface area contributed by atoms with E-state index < -0.39 is 60.6 Å². The molecule has 2 fully saturated rings. The minimum absolute atomic E-state index is 0.0329. The number of hydrogen-bond acceptors (Lipinski definition) is 12. The van der Waals surface area contributed by atoms with Crippen molar-refractivity contribution >= 4 is 29.7 Å². The molecule has 5 atom stereocenters. The summed E-state index contributed by atoms with van der Waals surface area (Å²) in [6.07, 6.45) is -2.74. The summed E-state index contributed by atoms with van der Waals surface area (Å²) in [6.45, 7) is 3.22. The number of aliphatic hydroxyl groups excluding tert-OH is 4. The van der Waals surface area contributed by atoms with E-state index in [0.717, 1.165) is 5.56 Å². The van der Waals surface area contributed by atoms with Gasteiger partial charge in [0.25, 0.3) is 0 Å². The quantitative estimate of drug-likeness (QED) is 0.0966. The van der Waals surface area contributed by atoms with E-state index >= 15 is 0 Å². The Hall–Kier alpha value is -4.43. The summed E-state index contributed by atoms with van der Waals surface area (Å²) < 4.78 is 17.3. The number of aliphatic hydroxyl groups is 4. The molecule has 12 nitrogen and oxygen atoms in total. The summed E-state index contributed by atoms with van der Waals surface area (Å²) in [5.41, 5.74) is 0.394. The molecule has 0 unspecified atom stereocenters. The molecule has 3 aliphatic rings. The molecule has 0 radical (unpaired) electrons. The topological polar surface area (TPSA) is 192 Å². The number of carbonyl (C=O) groups excluding carboxylic acids is 3. The molecular weight excluding hydrogens is 622 g/mol. The van der Waals surface area contributed by atoms with Crippen molar-refractivity contribution in [2.75, 3.05) is 13.1 Å². The standard InChI is InChI=1S/C36H37NO11/c1-17-30(40)34(44)35(45)36(46-17)48-25-15-23-29(32(42)26(25)20-10-12-37-13-11-20)33(43)27-21(16-38)14-24(47-18(2)39)22(28(27)31(23)41)9-8-19-6-4-3-5-7-19/h3-9,14-15,17,20,30,34-38,40,42,44-45H,10-13,16H2,1-2H3/b9-8+/t17-,30+,34+,35+,36+/m0/s1. The van der Waals surface area contributed by atoms with Gasteiger partial charge in [-0.1, -0.05) is 36.4 Å². The smallest absolute Gasteiger partial charge is 0.308 e. The monoisotopic (exact) mass is 659 g/mol. The van der Waals surface area contributed by atoms with Crippen molar-refractivity contribution < 1.29 is 54.1 Å². The summed E-state index contributed by atoms with van der Waals surface area (Å²) in [7, 11) is 0. The van der Waals surface area contributed by atoms with Crippen LogP contribution in [-0.4, -0.2) is 86.9 Å². The van der Waals surface area contributed by atoms with Gasteiger partial charge >= 0.3 is 5.97 Å². The fourth-order valence-electron chi connectivity index (χ4n) is 6.66. The van der Waals surface area contributed by atoms with E-state index in [9.17, 15) is 39.9 Å². The number of phenols is 1. The number of ketones is 2. The van der Waals surface area contributed by atoms with E-state index in [1.165, 1.54) is 26.0 Å². The molecule has 0 saturated carbocycles. The van der Waals surface area contributed by atoms with Gasteiger partial charge in [0.2, 0.25) is 6.29 Å². The Labute approximate surface area is 276 Å². The fourth-order valence-corrected chi connectivity index (χ4v) is 6.66. The van der Waals surface area contributed by atoms with Crippen LogP contribution in [0.3, 0.4) is 0 Å². The Balaban J connectivity index is 1.55. The molecule has 0 spiro atoms. The Morgan fingerprint density at radius 1 is 0.938 bits per heavy atom. The number of carbonyl (C=O) groups is 3. The highest BCUT2D eigenvalue weighted by Gasteiger charge is 2.45. The highest BCUT2D eigenvalue weighted by Crippen LogP contribution is 2.48. The molecule has 3 aromatic rings. The normalized spacial score (nSPS) is 24.3. The van der Waals surface area contributed by atoms with Gasteiger partial charge in [-0.05, 0) is 68.1 Å². The molecule has 252 valence electrons. The van der Waals surface area contributed by atoms with Crippen molar-refractivity contribution in [2.24, 2.45) is 0 Å². The summed E-state index contributed by atoms with van der Waals surface area (Å²) in [6, 6.07) is 11.8. The molecule has 48 heavy (non-hydrogen) atoms. The first-order chi connectivity index (χ1) is 23.0. The third-order valence-electron chi connectivity index (χ3n) is 9.10. The number of hydrogen-bond donors (Lipinski definition) is 6. The van der Waals surface area contributed by atoms with Crippen LogP contribution >= 0.6 is 0 Å². The molecular formula is C36H37NO11. The third kappa shape index (κ3) is 6.02. The average Bonchev–Trinajstić information content (AvgIpc) is 3.08. The van der Waals surface area contributed by atoms with Gasteiger partial charge in [0.15, 0.2) is 11.6 Å². The van der Waals surface area contributed by atoms with Crippen molar-refractivity contribution in [3.05, 3.63) is 87.0 Å². The Morgan fingerprint density at radius 3 is 2.31 bits per heavy atom. The summed E-state index contributed by atoms with van der Waals surface area (Å²) in [5.74, 6) is -2.99. The van der Waals surface area contributed by atoms with E-state index in [2.05, 4.69) is 5.32 Å². The predicted octanol–water partition coefficient (Wildman–Crippen LogP) is 2.43. The van der Waals surface area contributed by atoms with Crippen LogP contribution in [0.5, 0.6) is 17.2 Å². The van der Waals surface area contributed by atoms with Gasteiger partial charge in [-0.25, -0.2) is 0 Å². The van der Waals surface area contributed by atoms with Gasteiger partial charge in [-0.2, -0.15) is 0 Å². The van der Waals surface area contributed by atoms with Crippen LogP contribution in [0.1, 0.15) is 86.7 Å². The first-order valence-electron chi connectivity index (χ1n) is 15.8. The van der Waals surface area contributed by atoms with E-state index in [4.69, 9.17) is 14.2 Å². The van der Waals surface area contributed by atoms with Gasteiger partial charge in [-0.3, -0.25) is 14.4 Å².